The van der Waals surface area contributed by atoms with Gasteiger partial charge in [-0.2, -0.15) is 0 Å². The van der Waals surface area contributed by atoms with E-state index >= 15 is 0 Å². The predicted octanol–water partition coefficient (Wildman–Crippen LogP) is 1.98. The van der Waals surface area contributed by atoms with Crippen molar-refractivity contribution < 1.29 is 9.32 Å². The van der Waals surface area contributed by atoms with Crippen molar-refractivity contribution in [2.75, 3.05) is 5.32 Å². The monoisotopic (exact) mass is 330 g/mol. The molecule has 8 nitrogen and oxygen atoms in total. The molecule has 2 heterocycles. The smallest absolute Gasteiger partial charge is 0.243 e. The number of carbonyl (C=O) groups excluding carboxylic acids is 1. The fraction of sp³-hybridized carbons (Fsp3) is 0.214. The van der Waals surface area contributed by atoms with Crippen molar-refractivity contribution in [3.8, 4) is 0 Å². The average molecular weight is 330 g/mol. The third-order valence-corrected chi connectivity index (χ3v) is 4.30. The topological polar surface area (TPSA) is 98.7 Å². The van der Waals surface area contributed by atoms with Crippen LogP contribution >= 0.6 is 11.8 Å². The lowest BCUT2D eigenvalue weighted by atomic mass is 10.1. The molecule has 2 aromatic heterocycles. The number of benzene rings is 1. The van der Waals surface area contributed by atoms with E-state index in [9.17, 15) is 4.79 Å². The maximum absolute atomic E-state index is 12.7. The Hall–Kier alpha value is -2.68. The summed E-state index contributed by atoms with van der Waals surface area (Å²) in [6, 6.07) is 11.1. The highest BCUT2D eigenvalue weighted by Gasteiger charge is 2.25. The lowest BCUT2D eigenvalue weighted by Gasteiger charge is -2.14. The Kier molecular flexibility index (Phi) is 4.38. The van der Waals surface area contributed by atoms with Crippen molar-refractivity contribution in [3.05, 3.63) is 47.7 Å². The highest BCUT2D eigenvalue weighted by atomic mass is 32.2. The second-order valence-corrected chi connectivity index (χ2v) is 5.88. The summed E-state index contributed by atoms with van der Waals surface area (Å²) in [7, 11) is 1.73. The molecule has 1 N–H and O–H groups in total. The van der Waals surface area contributed by atoms with Crippen LogP contribution in [0.5, 0.6) is 0 Å². The fourth-order valence-electron chi connectivity index (χ4n) is 1.94. The number of tetrazole rings is 1. The normalized spacial score (nSPS) is 12.1. The van der Waals surface area contributed by atoms with Gasteiger partial charge in [0.05, 0.1) is 0 Å². The second-order valence-electron chi connectivity index (χ2n) is 4.81. The summed E-state index contributed by atoms with van der Waals surface area (Å²) in [5.74, 6) is 0.782. The molecule has 0 saturated heterocycles. The summed E-state index contributed by atoms with van der Waals surface area (Å²) in [4.78, 5) is 12.7. The fourth-order valence-corrected chi connectivity index (χ4v) is 2.89. The Morgan fingerprint density at radius 3 is 2.74 bits per heavy atom. The molecule has 3 rings (SSSR count). The Bertz CT molecular complexity index is 800. The summed E-state index contributed by atoms with van der Waals surface area (Å²) in [6.07, 6.45) is 0. The van der Waals surface area contributed by atoms with Crippen LogP contribution in [0.4, 0.5) is 5.82 Å². The Morgan fingerprint density at radius 2 is 2.13 bits per heavy atom. The van der Waals surface area contributed by atoms with Crippen LogP contribution < -0.4 is 5.32 Å². The van der Waals surface area contributed by atoms with Gasteiger partial charge in [-0.05, 0) is 22.9 Å². The van der Waals surface area contributed by atoms with Gasteiger partial charge in [0.25, 0.3) is 0 Å². The number of aromatic nitrogens is 5. The van der Waals surface area contributed by atoms with E-state index in [1.54, 1.807) is 20.0 Å². The number of nitrogens with zero attached hydrogens (tertiary/aromatic N) is 5. The first-order valence-electron chi connectivity index (χ1n) is 6.81. The molecule has 0 bridgehead atoms. The number of hydrogen-bond acceptors (Lipinski definition) is 7. The SMILES string of the molecule is Cc1cc(NC(=O)[C@H](Sc2nnnn2C)c2ccccc2)no1. The van der Waals surface area contributed by atoms with Gasteiger partial charge in [-0.3, -0.25) is 4.79 Å². The van der Waals surface area contributed by atoms with E-state index in [0.29, 0.717) is 16.7 Å². The minimum Gasteiger partial charge on any atom is -0.360 e. The van der Waals surface area contributed by atoms with Crippen molar-refractivity contribution in [2.45, 2.75) is 17.3 Å². The van der Waals surface area contributed by atoms with Gasteiger partial charge in [-0.25, -0.2) is 4.68 Å². The molecule has 9 heteroatoms. The second kappa shape index (κ2) is 6.61. The minimum absolute atomic E-state index is 0.225. The molecular formula is C14H14N6O2S. The maximum Gasteiger partial charge on any atom is 0.243 e. The molecule has 0 saturated carbocycles. The zero-order valence-corrected chi connectivity index (χ0v) is 13.3. The van der Waals surface area contributed by atoms with E-state index in [4.69, 9.17) is 4.52 Å². The molecule has 118 valence electrons. The number of rotatable bonds is 5. The van der Waals surface area contributed by atoms with Gasteiger partial charge in [-0.1, -0.05) is 47.3 Å². The first-order valence-corrected chi connectivity index (χ1v) is 7.69. The molecule has 0 aliphatic carbocycles. The van der Waals surface area contributed by atoms with E-state index in [0.717, 1.165) is 5.56 Å². The van der Waals surface area contributed by atoms with Crippen molar-refractivity contribution in [3.63, 3.8) is 0 Å². The number of thioether (sulfide) groups is 1. The van der Waals surface area contributed by atoms with Gasteiger partial charge < -0.3 is 9.84 Å². The number of hydrogen-bond donors (Lipinski definition) is 1. The third kappa shape index (κ3) is 3.57. The summed E-state index contributed by atoms with van der Waals surface area (Å²) in [5.41, 5.74) is 0.846. The highest BCUT2D eigenvalue weighted by molar-refractivity contribution is 8.00. The third-order valence-electron chi connectivity index (χ3n) is 3.02. The molecule has 1 aromatic carbocycles. The zero-order chi connectivity index (χ0) is 16.2. The first kappa shape index (κ1) is 15.2. The zero-order valence-electron chi connectivity index (χ0n) is 12.5. The lowest BCUT2D eigenvalue weighted by Crippen LogP contribution is -2.19. The molecule has 3 aromatic rings. The van der Waals surface area contributed by atoms with Crippen molar-refractivity contribution in [1.82, 2.24) is 25.4 Å². The minimum atomic E-state index is -0.516. The number of amides is 1. The van der Waals surface area contributed by atoms with Gasteiger partial charge in [0.1, 0.15) is 11.0 Å². The maximum atomic E-state index is 12.7. The molecule has 0 radical (unpaired) electrons. The van der Waals surface area contributed by atoms with Crippen LogP contribution in [0, 0.1) is 6.92 Å². The van der Waals surface area contributed by atoms with Gasteiger partial charge in [-0.15, -0.1) is 5.10 Å². The number of anilines is 1. The molecule has 23 heavy (non-hydrogen) atoms. The van der Waals surface area contributed by atoms with Crippen LogP contribution in [0.1, 0.15) is 16.6 Å². The van der Waals surface area contributed by atoms with Crippen LogP contribution in [0.25, 0.3) is 0 Å². The van der Waals surface area contributed by atoms with Crippen LogP contribution in [-0.2, 0) is 11.8 Å². The predicted molar refractivity (Wildman–Crippen MR) is 83.7 cm³/mol. The quantitative estimate of drug-likeness (QED) is 0.714. The van der Waals surface area contributed by atoms with Crippen LogP contribution in [0.2, 0.25) is 0 Å². The standard InChI is InChI=1S/C14H14N6O2S/c1-9-8-11(17-22-9)15-13(21)12(10-6-4-3-5-7-10)23-14-16-18-19-20(14)2/h3-8,12H,1-2H3,(H,15,17,21)/t12-/m1/s1. The summed E-state index contributed by atoms with van der Waals surface area (Å²) in [5, 5.41) is 17.9. The van der Waals surface area contributed by atoms with Crippen LogP contribution in [-0.4, -0.2) is 31.3 Å². The van der Waals surface area contributed by atoms with E-state index in [1.165, 1.54) is 16.4 Å². The Labute approximate surface area is 136 Å². The average Bonchev–Trinajstić information content (AvgIpc) is 3.14. The van der Waals surface area contributed by atoms with E-state index in [1.807, 2.05) is 30.3 Å². The van der Waals surface area contributed by atoms with E-state index in [2.05, 4.69) is 26.0 Å². The van der Waals surface area contributed by atoms with Gasteiger partial charge in [0.15, 0.2) is 5.82 Å². The summed E-state index contributed by atoms with van der Waals surface area (Å²) in [6.45, 7) is 1.76. The summed E-state index contributed by atoms with van der Waals surface area (Å²) >= 11 is 1.27. The molecular weight excluding hydrogens is 316 g/mol. The van der Waals surface area contributed by atoms with E-state index in [-0.39, 0.29) is 5.91 Å². The molecule has 0 spiro atoms. The number of nitrogens with one attached hydrogen (secondary N) is 1. The molecule has 1 amide bonds. The van der Waals surface area contributed by atoms with Gasteiger partial charge >= 0.3 is 0 Å². The van der Waals surface area contributed by atoms with E-state index < -0.39 is 5.25 Å². The van der Waals surface area contributed by atoms with Crippen molar-refractivity contribution in [2.24, 2.45) is 7.05 Å². The van der Waals surface area contributed by atoms with Gasteiger partial charge in [0.2, 0.25) is 11.1 Å². The largest absolute Gasteiger partial charge is 0.360 e. The van der Waals surface area contributed by atoms with Crippen molar-refractivity contribution >= 4 is 23.5 Å². The highest BCUT2D eigenvalue weighted by Crippen LogP contribution is 2.34. The van der Waals surface area contributed by atoms with Gasteiger partial charge in [0, 0.05) is 13.1 Å². The van der Waals surface area contributed by atoms with Crippen molar-refractivity contribution in [1.29, 1.82) is 0 Å². The lowest BCUT2D eigenvalue weighted by molar-refractivity contribution is -0.115. The molecule has 1 atom stereocenters. The molecule has 0 unspecified atom stereocenters. The summed E-state index contributed by atoms with van der Waals surface area (Å²) < 4.78 is 6.49. The number of aryl methyl sites for hydroxylation is 2. The molecule has 0 aliphatic rings. The number of carbonyl (C=O) groups is 1. The first-order chi connectivity index (χ1) is 11.1. The Morgan fingerprint density at radius 1 is 1.35 bits per heavy atom. The van der Waals surface area contributed by atoms with Crippen LogP contribution in [0.15, 0.2) is 46.1 Å². The molecule has 0 aliphatic heterocycles. The van der Waals surface area contributed by atoms with Crippen LogP contribution in [0.3, 0.4) is 0 Å². The Balaban J connectivity index is 1.85. The molecule has 0 fully saturated rings.